The molecule has 0 spiro atoms. The lowest BCUT2D eigenvalue weighted by Crippen LogP contribution is -2.24. The smallest absolute Gasteiger partial charge is 0.231 e. The number of nitrogens with zero attached hydrogens (tertiary/aromatic N) is 1. The first-order valence-electron chi connectivity index (χ1n) is 5.40. The molecule has 3 rings (SSSR count). The molecule has 2 aliphatic rings. The average molecular weight is 205 g/mol. The molecule has 0 fully saturated rings. The number of fused-ring (bicyclic) bond motifs is 3. The van der Waals surface area contributed by atoms with Crippen LogP contribution in [0.3, 0.4) is 0 Å². The lowest BCUT2D eigenvalue weighted by atomic mass is 10.1. The third kappa shape index (κ3) is 1.30. The minimum absolute atomic E-state index is 0.369. The number of hydrogen-bond donors (Lipinski definition) is 0. The van der Waals surface area contributed by atoms with Crippen molar-refractivity contribution in [1.82, 2.24) is 4.90 Å². The van der Waals surface area contributed by atoms with Crippen LogP contribution in [0.2, 0.25) is 0 Å². The first kappa shape index (κ1) is 9.04. The molecule has 0 aromatic heterocycles. The Balaban J connectivity index is 2.00. The van der Waals surface area contributed by atoms with Gasteiger partial charge in [-0.15, -0.1) is 0 Å². The molecule has 0 aliphatic carbocycles. The first-order valence-corrected chi connectivity index (χ1v) is 5.40. The molecular weight excluding hydrogens is 190 g/mol. The van der Waals surface area contributed by atoms with Gasteiger partial charge in [0.15, 0.2) is 11.5 Å². The van der Waals surface area contributed by atoms with Gasteiger partial charge in [-0.05, 0) is 25.5 Å². The van der Waals surface area contributed by atoms with E-state index in [9.17, 15) is 0 Å². The topological polar surface area (TPSA) is 21.7 Å². The van der Waals surface area contributed by atoms with E-state index in [1.165, 1.54) is 11.1 Å². The molecule has 0 atom stereocenters. The number of ether oxygens (including phenoxy) is 2. The zero-order chi connectivity index (χ0) is 10.4. The molecule has 0 N–H and O–H groups in total. The highest BCUT2D eigenvalue weighted by atomic mass is 16.7. The highest BCUT2D eigenvalue weighted by molar-refractivity contribution is 5.53. The molecular formula is C12H15NO2. The van der Waals surface area contributed by atoms with Crippen LogP contribution in [-0.4, -0.2) is 17.7 Å². The van der Waals surface area contributed by atoms with E-state index in [1.807, 2.05) is 6.07 Å². The van der Waals surface area contributed by atoms with Crippen LogP contribution >= 0.6 is 0 Å². The van der Waals surface area contributed by atoms with Crippen LogP contribution in [0.25, 0.3) is 0 Å². The third-order valence-electron chi connectivity index (χ3n) is 3.20. The molecule has 0 radical (unpaired) electrons. The van der Waals surface area contributed by atoms with Crippen LogP contribution in [0.5, 0.6) is 11.5 Å². The molecule has 0 amide bonds. The van der Waals surface area contributed by atoms with Gasteiger partial charge in [0.05, 0.1) is 0 Å². The Hall–Kier alpha value is -1.22. The quantitative estimate of drug-likeness (QED) is 0.701. The van der Waals surface area contributed by atoms with Crippen molar-refractivity contribution in [2.75, 3.05) is 6.79 Å². The highest BCUT2D eigenvalue weighted by Crippen LogP contribution is 2.41. The second-order valence-corrected chi connectivity index (χ2v) is 4.44. The van der Waals surface area contributed by atoms with Crippen molar-refractivity contribution in [1.29, 1.82) is 0 Å². The predicted octanol–water partition coefficient (Wildman–Crippen LogP) is 2.14. The van der Waals surface area contributed by atoms with Crippen molar-refractivity contribution < 1.29 is 9.47 Å². The summed E-state index contributed by atoms with van der Waals surface area (Å²) in [5.41, 5.74) is 2.70. The van der Waals surface area contributed by atoms with E-state index in [1.54, 1.807) is 0 Å². The van der Waals surface area contributed by atoms with Gasteiger partial charge in [-0.1, -0.05) is 6.07 Å². The molecule has 3 heteroatoms. The largest absolute Gasteiger partial charge is 0.454 e. The fourth-order valence-corrected chi connectivity index (χ4v) is 2.24. The lowest BCUT2D eigenvalue weighted by molar-refractivity contribution is 0.171. The van der Waals surface area contributed by atoms with E-state index < -0.39 is 0 Å². The summed E-state index contributed by atoms with van der Waals surface area (Å²) in [6.45, 7) is 6.84. The van der Waals surface area contributed by atoms with Gasteiger partial charge in [0.1, 0.15) is 0 Å². The Kier molecular flexibility index (Phi) is 1.89. The van der Waals surface area contributed by atoms with Crippen LogP contribution in [0.15, 0.2) is 12.1 Å². The number of benzene rings is 1. The Morgan fingerprint density at radius 3 is 2.87 bits per heavy atom. The van der Waals surface area contributed by atoms with Crippen LogP contribution < -0.4 is 9.47 Å². The lowest BCUT2D eigenvalue weighted by Gasteiger charge is -2.18. The molecule has 0 saturated heterocycles. The Morgan fingerprint density at radius 1 is 1.20 bits per heavy atom. The van der Waals surface area contributed by atoms with E-state index in [4.69, 9.17) is 9.47 Å². The van der Waals surface area contributed by atoms with Gasteiger partial charge in [-0.2, -0.15) is 0 Å². The fourth-order valence-electron chi connectivity index (χ4n) is 2.24. The summed E-state index contributed by atoms with van der Waals surface area (Å²) < 4.78 is 10.9. The summed E-state index contributed by atoms with van der Waals surface area (Å²) in [5.74, 6) is 1.87. The van der Waals surface area contributed by atoms with Crippen molar-refractivity contribution in [3.05, 3.63) is 23.3 Å². The number of hydrogen-bond acceptors (Lipinski definition) is 3. The minimum Gasteiger partial charge on any atom is -0.454 e. The summed E-state index contributed by atoms with van der Waals surface area (Å²) in [6.07, 6.45) is 0. The number of rotatable bonds is 1. The van der Waals surface area contributed by atoms with E-state index in [0.29, 0.717) is 12.8 Å². The van der Waals surface area contributed by atoms with Crippen molar-refractivity contribution in [2.45, 2.75) is 33.0 Å². The molecule has 80 valence electrons. The standard InChI is InChI=1S/C12H15NO2/c1-8(2)13-5-9-3-4-11-12(10(9)6-13)15-7-14-11/h3-4,8H,5-7H2,1-2H3. The normalized spacial score (nSPS) is 18.6. The Bertz CT molecular complexity index is 401. The van der Waals surface area contributed by atoms with Crippen LogP contribution in [0, 0.1) is 0 Å². The first-order chi connectivity index (χ1) is 7.25. The highest BCUT2D eigenvalue weighted by Gasteiger charge is 2.28. The van der Waals surface area contributed by atoms with Crippen LogP contribution in [-0.2, 0) is 13.1 Å². The van der Waals surface area contributed by atoms with Gasteiger partial charge in [-0.25, -0.2) is 0 Å². The molecule has 1 aromatic carbocycles. The van der Waals surface area contributed by atoms with Crippen LogP contribution in [0.4, 0.5) is 0 Å². The molecule has 2 aliphatic heterocycles. The zero-order valence-corrected chi connectivity index (χ0v) is 9.12. The maximum atomic E-state index is 5.52. The van der Waals surface area contributed by atoms with Crippen molar-refractivity contribution in [3.8, 4) is 11.5 Å². The van der Waals surface area contributed by atoms with Gasteiger partial charge in [-0.3, -0.25) is 4.90 Å². The van der Waals surface area contributed by atoms with Gasteiger partial charge in [0.2, 0.25) is 6.79 Å². The maximum absolute atomic E-state index is 5.52. The molecule has 1 aromatic rings. The monoisotopic (exact) mass is 205 g/mol. The van der Waals surface area contributed by atoms with E-state index in [-0.39, 0.29) is 0 Å². The zero-order valence-electron chi connectivity index (χ0n) is 9.12. The van der Waals surface area contributed by atoms with Crippen molar-refractivity contribution in [2.24, 2.45) is 0 Å². The summed E-state index contributed by atoms with van der Waals surface area (Å²) in [7, 11) is 0. The summed E-state index contributed by atoms with van der Waals surface area (Å²) in [4.78, 5) is 2.44. The Labute approximate surface area is 89.6 Å². The fraction of sp³-hybridized carbons (Fsp3) is 0.500. The Morgan fingerprint density at radius 2 is 2.07 bits per heavy atom. The molecule has 0 unspecified atom stereocenters. The third-order valence-corrected chi connectivity index (χ3v) is 3.20. The van der Waals surface area contributed by atoms with Gasteiger partial charge < -0.3 is 9.47 Å². The van der Waals surface area contributed by atoms with Crippen LogP contribution in [0.1, 0.15) is 25.0 Å². The van der Waals surface area contributed by atoms with Crippen molar-refractivity contribution in [3.63, 3.8) is 0 Å². The maximum Gasteiger partial charge on any atom is 0.231 e. The second-order valence-electron chi connectivity index (χ2n) is 4.44. The minimum atomic E-state index is 0.369. The van der Waals surface area contributed by atoms with Crippen molar-refractivity contribution >= 4 is 0 Å². The molecule has 3 nitrogen and oxygen atoms in total. The molecule has 2 heterocycles. The van der Waals surface area contributed by atoms with Gasteiger partial charge in [0.25, 0.3) is 0 Å². The van der Waals surface area contributed by atoms with Gasteiger partial charge in [0, 0.05) is 24.7 Å². The summed E-state index contributed by atoms with van der Waals surface area (Å²) in [5, 5.41) is 0. The van der Waals surface area contributed by atoms with Gasteiger partial charge >= 0.3 is 0 Å². The summed E-state index contributed by atoms with van der Waals surface area (Å²) >= 11 is 0. The predicted molar refractivity (Wildman–Crippen MR) is 56.9 cm³/mol. The second kappa shape index (κ2) is 3.14. The molecule has 0 saturated carbocycles. The van der Waals surface area contributed by atoms with E-state index in [2.05, 4.69) is 24.8 Å². The van der Waals surface area contributed by atoms with E-state index >= 15 is 0 Å². The molecule has 0 bridgehead atoms. The summed E-state index contributed by atoms with van der Waals surface area (Å²) in [6, 6.07) is 4.76. The average Bonchev–Trinajstić information content (AvgIpc) is 2.82. The SMILES string of the molecule is CC(C)N1Cc2ccc3c(c2C1)OCO3. The van der Waals surface area contributed by atoms with E-state index in [0.717, 1.165) is 24.6 Å². The molecule has 15 heavy (non-hydrogen) atoms.